The molecule has 0 bridgehead atoms. The molecule has 0 unspecified atom stereocenters. The summed E-state index contributed by atoms with van der Waals surface area (Å²) in [6, 6.07) is 8.37. The molecule has 1 aliphatic heterocycles. The Kier molecular flexibility index (Phi) is 4.03. The van der Waals surface area contributed by atoms with E-state index in [0.717, 1.165) is 37.0 Å². The van der Waals surface area contributed by atoms with Crippen molar-refractivity contribution in [1.82, 2.24) is 9.97 Å². The Hall–Kier alpha value is -2.63. The average molecular weight is 338 g/mol. The van der Waals surface area contributed by atoms with E-state index < -0.39 is 0 Å². The normalized spacial score (nSPS) is 16.3. The number of aromatic nitrogens is 2. The Balaban J connectivity index is 1.55. The van der Waals surface area contributed by atoms with Crippen molar-refractivity contribution in [3.63, 3.8) is 0 Å². The van der Waals surface area contributed by atoms with Gasteiger partial charge in [0.15, 0.2) is 0 Å². The van der Waals surface area contributed by atoms with Crippen LogP contribution in [0.15, 0.2) is 24.3 Å². The first-order chi connectivity index (χ1) is 12.1. The zero-order valence-corrected chi connectivity index (χ0v) is 14.6. The Morgan fingerprint density at radius 3 is 2.84 bits per heavy atom. The minimum atomic E-state index is -0.285. The second-order valence-electron chi connectivity index (χ2n) is 6.76. The number of nitrogens with one attached hydrogen (secondary N) is 1. The number of fused-ring (bicyclic) bond motifs is 1. The van der Waals surface area contributed by atoms with Gasteiger partial charge in [-0.2, -0.15) is 4.98 Å². The number of esters is 1. The molecule has 25 heavy (non-hydrogen) atoms. The fourth-order valence-electron chi connectivity index (χ4n) is 3.18. The molecule has 2 aromatic rings. The summed E-state index contributed by atoms with van der Waals surface area (Å²) in [5.41, 5.74) is 4.02. The van der Waals surface area contributed by atoms with Crippen molar-refractivity contribution in [2.75, 3.05) is 23.9 Å². The van der Waals surface area contributed by atoms with Crippen LogP contribution in [0.1, 0.15) is 40.0 Å². The third kappa shape index (κ3) is 3.43. The topological polar surface area (TPSA) is 67.3 Å². The fraction of sp³-hybridized carbons (Fsp3) is 0.421. The molecule has 4 rings (SSSR count). The van der Waals surface area contributed by atoms with Crippen LogP contribution in [0.25, 0.3) is 0 Å². The maximum Gasteiger partial charge on any atom is 0.337 e. The number of aryl methyl sites for hydroxylation is 1. The van der Waals surface area contributed by atoms with Crippen molar-refractivity contribution in [2.24, 2.45) is 0 Å². The average Bonchev–Trinajstić information content (AvgIpc) is 3.43. The lowest BCUT2D eigenvalue weighted by Gasteiger charge is -2.30. The molecule has 1 aromatic heterocycles. The van der Waals surface area contributed by atoms with E-state index in [-0.39, 0.29) is 5.97 Å². The van der Waals surface area contributed by atoms with Crippen molar-refractivity contribution in [1.29, 1.82) is 0 Å². The third-order valence-electron chi connectivity index (χ3n) is 4.71. The minimum Gasteiger partial charge on any atom is -0.465 e. The van der Waals surface area contributed by atoms with E-state index in [1.165, 1.54) is 31.1 Å². The number of nitrogens with zero attached hydrogens (tertiary/aromatic N) is 3. The van der Waals surface area contributed by atoms with Gasteiger partial charge in [0, 0.05) is 30.9 Å². The van der Waals surface area contributed by atoms with E-state index in [9.17, 15) is 4.79 Å². The maximum absolute atomic E-state index is 11.7. The highest BCUT2D eigenvalue weighted by molar-refractivity contribution is 5.89. The molecule has 1 aliphatic carbocycles. The van der Waals surface area contributed by atoms with E-state index in [4.69, 9.17) is 9.72 Å². The molecule has 130 valence electrons. The van der Waals surface area contributed by atoms with E-state index in [1.807, 2.05) is 31.2 Å². The quantitative estimate of drug-likeness (QED) is 0.865. The highest BCUT2D eigenvalue weighted by atomic mass is 16.5. The Labute approximate surface area is 147 Å². The zero-order valence-electron chi connectivity index (χ0n) is 14.6. The first-order valence-electron chi connectivity index (χ1n) is 8.69. The number of rotatable bonds is 4. The van der Waals surface area contributed by atoms with Gasteiger partial charge in [-0.05, 0) is 49.4 Å². The number of carbonyl (C=O) groups is 1. The highest BCUT2D eigenvalue weighted by Crippen LogP contribution is 2.27. The first kappa shape index (κ1) is 15.9. The molecule has 1 saturated carbocycles. The molecule has 0 amide bonds. The van der Waals surface area contributed by atoms with Crippen LogP contribution in [-0.4, -0.2) is 35.6 Å². The van der Waals surface area contributed by atoms with Crippen LogP contribution in [0.2, 0.25) is 0 Å². The highest BCUT2D eigenvalue weighted by Gasteiger charge is 2.24. The zero-order chi connectivity index (χ0) is 17.4. The van der Waals surface area contributed by atoms with Gasteiger partial charge in [-0.3, -0.25) is 0 Å². The van der Waals surface area contributed by atoms with Crippen LogP contribution in [0.4, 0.5) is 11.8 Å². The largest absolute Gasteiger partial charge is 0.465 e. The molecule has 6 heteroatoms. The summed E-state index contributed by atoms with van der Waals surface area (Å²) in [6.07, 6.45) is 3.28. The first-order valence-corrected chi connectivity index (χ1v) is 8.69. The van der Waals surface area contributed by atoms with Crippen molar-refractivity contribution in [3.05, 3.63) is 46.6 Å². The van der Waals surface area contributed by atoms with Crippen LogP contribution in [0.5, 0.6) is 0 Å². The second kappa shape index (κ2) is 6.35. The number of methoxy groups -OCH3 is 1. The Morgan fingerprint density at radius 1 is 1.24 bits per heavy atom. The number of hydrogen-bond acceptors (Lipinski definition) is 6. The minimum absolute atomic E-state index is 0.285. The number of hydrogen-bond donors (Lipinski definition) is 1. The van der Waals surface area contributed by atoms with Gasteiger partial charge >= 0.3 is 5.97 Å². The summed E-state index contributed by atoms with van der Waals surface area (Å²) in [4.78, 5) is 23.2. The Bertz CT molecular complexity index is 817. The standard InChI is InChI=1S/C19H22N4O2/c1-12-9-17(22-19(20-12)21-16-5-6-16)23-8-7-13-10-14(18(24)25-2)3-4-15(13)11-23/h3-4,9-10,16H,5-8,11H2,1-2H3,(H,20,21,22). The van der Waals surface area contributed by atoms with E-state index >= 15 is 0 Å². The predicted molar refractivity (Wildman–Crippen MR) is 95.9 cm³/mol. The molecule has 1 N–H and O–H groups in total. The van der Waals surface area contributed by atoms with Gasteiger partial charge < -0.3 is 15.0 Å². The Morgan fingerprint density at radius 2 is 2.08 bits per heavy atom. The summed E-state index contributed by atoms with van der Waals surface area (Å²) >= 11 is 0. The van der Waals surface area contributed by atoms with Crippen molar-refractivity contribution >= 4 is 17.7 Å². The lowest BCUT2D eigenvalue weighted by Crippen LogP contribution is -2.31. The fourth-order valence-corrected chi connectivity index (χ4v) is 3.18. The van der Waals surface area contributed by atoms with Crippen LogP contribution >= 0.6 is 0 Å². The summed E-state index contributed by atoms with van der Waals surface area (Å²) < 4.78 is 4.81. The van der Waals surface area contributed by atoms with Gasteiger partial charge in [0.25, 0.3) is 0 Å². The molecule has 0 saturated heterocycles. The van der Waals surface area contributed by atoms with Crippen molar-refractivity contribution in [3.8, 4) is 0 Å². The molecular formula is C19H22N4O2. The molecule has 2 heterocycles. The number of carbonyl (C=O) groups excluding carboxylic acids is 1. The predicted octanol–water partition coefficient (Wildman–Crippen LogP) is 2.71. The summed E-state index contributed by atoms with van der Waals surface area (Å²) in [6.45, 7) is 3.66. The van der Waals surface area contributed by atoms with E-state index in [2.05, 4.69) is 15.2 Å². The molecule has 0 atom stereocenters. The molecule has 1 fully saturated rings. The van der Waals surface area contributed by atoms with Crippen LogP contribution in [-0.2, 0) is 17.7 Å². The lowest BCUT2D eigenvalue weighted by molar-refractivity contribution is 0.0600. The van der Waals surface area contributed by atoms with Crippen LogP contribution in [0.3, 0.4) is 0 Å². The summed E-state index contributed by atoms with van der Waals surface area (Å²) in [7, 11) is 1.41. The number of ether oxygens (including phenoxy) is 1. The molecule has 0 radical (unpaired) electrons. The van der Waals surface area contributed by atoms with Gasteiger partial charge in [-0.25, -0.2) is 9.78 Å². The van der Waals surface area contributed by atoms with E-state index in [1.54, 1.807) is 0 Å². The van der Waals surface area contributed by atoms with Gasteiger partial charge in [-0.15, -0.1) is 0 Å². The second-order valence-corrected chi connectivity index (χ2v) is 6.76. The molecule has 6 nitrogen and oxygen atoms in total. The van der Waals surface area contributed by atoms with Gasteiger partial charge in [0.2, 0.25) is 5.95 Å². The van der Waals surface area contributed by atoms with Crippen molar-refractivity contribution in [2.45, 2.75) is 38.8 Å². The monoisotopic (exact) mass is 338 g/mol. The molecule has 0 spiro atoms. The van der Waals surface area contributed by atoms with Gasteiger partial charge in [0.1, 0.15) is 5.82 Å². The van der Waals surface area contributed by atoms with Crippen LogP contribution in [0, 0.1) is 6.92 Å². The summed E-state index contributed by atoms with van der Waals surface area (Å²) in [5, 5.41) is 3.38. The molecule has 2 aliphatic rings. The smallest absolute Gasteiger partial charge is 0.337 e. The van der Waals surface area contributed by atoms with E-state index in [0.29, 0.717) is 11.6 Å². The maximum atomic E-state index is 11.7. The third-order valence-corrected chi connectivity index (χ3v) is 4.71. The van der Waals surface area contributed by atoms with Gasteiger partial charge in [-0.1, -0.05) is 6.07 Å². The molecular weight excluding hydrogens is 316 g/mol. The SMILES string of the molecule is COC(=O)c1ccc2c(c1)CCN(c1cc(C)nc(NC3CC3)n1)C2. The molecule has 1 aromatic carbocycles. The van der Waals surface area contributed by atoms with Gasteiger partial charge in [0.05, 0.1) is 12.7 Å². The number of anilines is 2. The van der Waals surface area contributed by atoms with Crippen molar-refractivity contribution < 1.29 is 9.53 Å². The summed E-state index contributed by atoms with van der Waals surface area (Å²) in [5.74, 6) is 1.40. The number of benzene rings is 1. The van der Waals surface area contributed by atoms with Crippen LogP contribution < -0.4 is 10.2 Å². The lowest BCUT2D eigenvalue weighted by atomic mass is 9.97.